The molecule has 1 atom stereocenters. The minimum absolute atomic E-state index is 0.390. The van der Waals surface area contributed by atoms with Crippen molar-refractivity contribution in [3.8, 4) is 0 Å². The normalized spacial score (nSPS) is 13.2. The zero-order valence-corrected chi connectivity index (χ0v) is 8.19. The number of aromatic nitrogens is 3. The second-order valence-corrected chi connectivity index (χ2v) is 4.13. The molecule has 0 aliphatic heterocycles. The Bertz CT molecular complexity index is 235. The number of thioether (sulfide) groups is 1. The lowest BCUT2D eigenvalue weighted by Gasteiger charge is -2.04. The van der Waals surface area contributed by atoms with E-state index in [4.69, 9.17) is 5.73 Å². The first-order valence-corrected chi connectivity index (χ1v) is 4.95. The quantitative estimate of drug-likeness (QED) is 0.702. The standard InChI is InChI=1S/C7H14N4S/c1-3-4-5(2)12-7-9-6(8)10-11-7/h5H,3-4H2,1-2H3,(H3,8,9,10,11). The summed E-state index contributed by atoms with van der Waals surface area (Å²) in [5, 5.41) is 7.86. The molecule has 12 heavy (non-hydrogen) atoms. The van der Waals surface area contributed by atoms with Gasteiger partial charge < -0.3 is 5.73 Å². The summed E-state index contributed by atoms with van der Waals surface area (Å²) in [5.74, 6) is 0.390. The number of nitrogens with one attached hydrogen (secondary N) is 1. The SMILES string of the molecule is CCCC(C)Sc1n[nH]c(N)n1. The van der Waals surface area contributed by atoms with Gasteiger partial charge in [-0.2, -0.15) is 4.98 Å². The zero-order chi connectivity index (χ0) is 8.97. The first kappa shape index (κ1) is 9.38. The number of hydrogen-bond acceptors (Lipinski definition) is 4. The van der Waals surface area contributed by atoms with Crippen LogP contribution < -0.4 is 5.73 Å². The second-order valence-electron chi connectivity index (χ2n) is 2.72. The fraction of sp³-hybridized carbons (Fsp3) is 0.714. The molecule has 1 aromatic rings. The molecule has 0 spiro atoms. The van der Waals surface area contributed by atoms with Gasteiger partial charge >= 0.3 is 0 Å². The highest BCUT2D eigenvalue weighted by Crippen LogP contribution is 2.22. The van der Waals surface area contributed by atoms with Crippen molar-refractivity contribution in [3.05, 3.63) is 0 Å². The van der Waals surface area contributed by atoms with Crippen LogP contribution in [0.3, 0.4) is 0 Å². The van der Waals surface area contributed by atoms with Crippen LogP contribution in [0.4, 0.5) is 5.95 Å². The van der Waals surface area contributed by atoms with Crippen molar-refractivity contribution in [2.75, 3.05) is 5.73 Å². The Labute approximate surface area is 76.3 Å². The zero-order valence-electron chi connectivity index (χ0n) is 7.37. The van der Waals surface area contributed by atoms with Gasteiger partial charge in [0.05, 0.1) is 0 Å². The van der Waals surface area contributed by atoms with Crippen LogP contribution in [0.2, 0.25) is 0 Å². The van der Waals surface area contributed by atoms with Crippen LogP contribution in [0.1, 0.15) is 26.7 Å². The summed E-state index contributed by atoms with van der Waals surface area (Å²) in [6, 6.07) is 0. The number of nitrogen functional groups attached to an aromatic ring is 1. The highest BCUT2D eigenvalue weighted by atomic mass is 32.2. The fourth-order valence-electron chi connectivity index (χ4n) is 0.956. The molecule has 1 heterocycles. The maximum Gasteiger partial charge on any atom is 0.216 e. The Morgan fingerprint density at radius 3 is 2.92 bits per heavy atom. The molecule has 5 heteroatoms. The topological polar surface area (TPSA) is 67.6 Å². The highest BCUT2D eigenvalue weighted by Gasteiger charge is 2.06. The molecule has 3 N–H and O–H groups in total. The molecule has 0 aliphatic rings. The second kappa shape index (κ2) is 4.35. The lowest BCUT2D eigenvalue weighted by molar-refractivity contribution is 0.782. The van der Waals surface area contributed by atoms with E-state index in [2.05, 4.69) is 29.0 Å². The minimum atomic E-state index is 0.390. The van der Waals surface area contributed by atoms with Crippen LogP contribution in [0.25, 0.3) is 0 Å². The van der Waals surface area contributed by atoms with Crippen molar-refractivity contribution < 1.29 is 0 Å². The van der Waals surface area contributed by atoms with E-state index in [9.17, 15) is 0 Å². The van der Waals surface area contributed by atoms with Crippen LogP contribution in [0.5, 0.6) is 0 Å². The number of nitrogens with zero attached hydrogens (tertiary/aromatic N) is 2. The predicted molar refractivity (Wildman–Crippen MR) is 51.0 cm³/mol. The third-order valence-corrected chi connectivity index (χ3v) is 2.52. The van der Waals surface area contributed by atoms with Crippen molar-refractivity contribution in [3.63, 3.8) is 0 Å². The van der Waals surface area contributed by atoms with Crippen molar-refractivity contribution >= 4 is 17.7 Å². The fourth-order valence-corrected chi connectivity index (χ4v) is 1.92. The minimum Gasteiger partial charge on any atom is -0.368 e. The summed E-state index contributed by atoms with van der Waals surface area (Å²) in [7, 11) is 0. The van der Waals surface area contributed by atoms with E-state index < -0.39 is 0 Å². The van der Waals surface area contributed by atoms with Crippen molar-refractivity contribution in [1.29, 1.82) is 0 Å². The van der Waals surface area contributed by atoms with Crippen molar-refractivity contribution in [1.82, 2.24) is 15.2 Å². The van der Waals surface area contributed by atoms with Gasteiger partial charge in [0, 0.05) is 5.25 Å². The van der Waals surface area contributed by atoms with Gasteiger partial charge in [0.2, 0.25) is 11.1 Å². The van der Waals surface area contributed by atoms with Gasteiger partial charge in [-0.3, -0.25) is 0 Å². The molecule has 1 rings (SSSR count). The molecule has 0 radical (unpaired) electrons. The van der Waals surface area contributed by atoms with Crippen LogP contribution in [0, 0.1) is 0 Å². The van der Waals surface area contributed by atoms with Crippen molar-refractivity contribution in [2.24, 2.45) is 0 Å². The van der Waals surface area contributed by atoms with Gasteiger partial charge in [-0.15, -0.1) is 5.10 Å². The van der Waals surface area contributed by atoms with Crippen LogP contribution in [-0.4, -0.2) is 20.4 Å². The number of aromatic amines is 1. The Morgan fingerprint density at radius 2 is 2.42 bits per heavy atom. The molecule has 1 aromatic heterocycles. The van der Waals surface area contributed by atoms with Crippen LogP contribution >= 0.6 is 11.8 Å². The maximum absolute atomic E-state index is 5.39. The van der Waals surface area contributed by atoms with Gasteiger partial charge in [-0.25, -0.2) is 5.10 Å². The highest BCUT2D eigenvalue weighted by molar-refractivity contribution is 7.99. The Morgan fingerprint density at radius 1 is 1.67 bits per heavy atom. The number of nitrogens with two attached hydrogens (primary N) is 1. The third-order valence-electron chi connectivity index (χ3n) is 1.48. The molecular formula is C7H14N4S. The summed E-state index contributed by atoms with van der Waals surface area (Å²) in [4.78, 5) is 4.01. The lowest BCUT2D eigenvalue weighted by atomic mass is 10.3. The molecule has 1 unspecified atom stereocenters. The number of H-pyrrole nitrogens is 1. The largest absolute Gasteiger partial charge is 0.368 e. The van der Waals surface area contributed by atoms with E-state index in [-0.39, 0.29) is 0 Å². The maximum atomic E-state index is 5.39. The van der Waals surface area contributed by atoms with Crippen LogP contribution in [0.15, 0.2) is 5.16 Å². The van der Waals surface area contributed by atoms with Gasteiger partial charge in [-0.05, 0) is 6.42 Å². The number of hydrogen-bond donors (Lipinski definition) is 2. The number of anilines is 1. The molecule has 0 fully saturated rings. The number of rotatable bonds is 4. The van der Waals surface area contributed by atoms with E-state index in [1.165, 1.54) is 12.8 Å². The first-order valence-electron chi connectivity index (χ1n) is 4.07. The van der Waals surface area contributed by atoms with E-state index in [0.717, 1.165) is 5.16 Å². The summed E-state index contributed by atoms with van der Waals surface area (Å²) >= 11 is 1.66. The van der Waals surface area contributed by atoms with Crippen molar-refractivity contribution in [2.45, 2.75) is 37.1 Å². The monoisotopic (exact) mass is 186 g/mol. The average molecular weight is 186 g/mol. The van der Waals surface area contributed by atoms with E-state index in [1.807, 2.05) is 0 Å². The first-order chi connectivity index (χ1) is 5.72. The summed E-state index contributed by atoms with van der Waals surface area (Å²) < 4.78 is 0. The summed E-state index contributed by atoms with van der Waals surface area (Å²) in [5.41, 5.74) is 5.39. The predicted octanol–water partition coefficient (Wildman–Crippen LogP) is 1.67. The Balaban J connectivity index is 2.41. The molecule has 0 aliphatic carbocycles. The van der Waals surface area contributed by atoms with E-state index >= 15 is 0 Å². The smallest absolute Gasteiger partial charge is 0.216 e. The molecule has 0 amide bonds. The average Bonchev–Trinajstić information content (AvgIpc) is 2.36. The van der Waals surface area contributed by atoms with Gasteiger partial charge in [0.1, 0.15) is 0 Å². The third kappa shape index (κ3) is 2.73. The Hall–Kier alpha value is -0.710. The molecule has 0 saturated heterocycles. The van der Waals surface area contributed by atoms with Gasteiger partial charge in [0.15, 0.2) is 0 Å². The van der Waals surface area contributed by atoms with Gasteiger partial charge in [0.25, 0.3) is 0 Å². The molecular weight excluding hydrogens is 172 g/mol. The van der Waals surface area contributed by atoms with Gasteiger partial charge in [-0.1, -0.05) is 32.0 Å². The summed E-state index contributed by atoms with van der Waals surface area (Å²) in [6.45, 7) is 4.34. The molecule has 4 nitrogen and oxygen atoms in total. The Kier molecular flexibility index (Phi) is 3.40. The molecule has 0 aromatic carbocycles. The van der Waals surface area contributed by atoms with E-state index in [0.29, 0.717) is 11.2 Å². The lowest BCUT2D eigenvalue weighted by Crippen LogP contribution is -1.95. The molecule has 0 saturated carbocycles. The van der Waals surface area contributed by atoms with Crippen LogP contribution in [-0.2, 0) is 0 Å². The molecule has 0 bridgehead atoms. The van der Waals surface area contributed by atoms with E-state index in [1.54, 1.807) is 11.8 Å². The summed E-state index contributed by atoms with van der Waals surface area (Å²) in [6.07, 6.45) is 2.37. The molecule has 68 valence electrons.